The molecule has 1 aliphatic rings. The lowest BCUT2D eigenvalue weighted by Gasteiger charge is -2.30. The van der Waals surface area contributed by atoms with Crippen LogP contribution in [0.3, 0.4) is 0 Å². The molecule has 1 aromatic rings. The van der Waals surface area contributed by atoms with Gasteiger partial charge in [-0.1, -0.05) is 19.8 Å². The molecule has 2 atom stereocenters. The minimum absolute atomic E-state index is 0.0728. The van der Waals surface area contributed by atoms with Gasteiger partial charge in [0.1, 0.15) is 0 Å². The minimum Gasteiger partial charge on any atom is -0.351 e. The molecule has 1 aromatic heterocycles. The predicted molar refractivity (Wildman–Crippen MR) is 82.2 cm³/mol. The second-order valence-corrected chi connectivity index (χ2v) is 6.77. The fraction of sp³-hybridized carbons (Fsp3) is 0.667. The fourth-order valence-corrected chi connectivity index (χ4v) is 4.03. The standard InChI is InChI=1S/C15H22ClNOS/c1-2-13-7-8-14(19-13)15(18)17-10-12-6-4-3-5-11(12)9-16/h7-8,11-12H,2-6,9-10H2,1H3,(H,17,18). The summed E-state index contributed by atoms with van der Waals surface area (Å²) in [6, 6.07) is 3.97. The molecule has 0 spiro atoms. The van der Waals surface area contributed by atoms with Crippen molar-refractivity contribution in [3.05, 3.63) is 21.9 Å². The molecule has 1 N–H and O–H groups in total. The van der Waals surface area contributed by atoms with Gasteiger partial charge in [0, 0.05) is 17.3 Å². The Kier molecular flexibility index (Phi) is 5.71. The topological polar surface area (TPSA) is 29.1 Å². The third-order valence-electron chi connectivity index (χ3n) is 4.02. The maximum Gasteiger partial charge on any atom is 0.261 e. The third kappa shape index (κ3) is 3.96. The van der Waals surface area contributed by atoms with E-state index in [1.54, 1.807) is 11.3 Å². The van der Waals surface area contributed by atoms with E-state index in [0.717, 1.165) is 23.7 Å². The molecule has 1 amide bonds. The summed E-state index contributed by atoms with van der Waals surface area (Å²) < 4.78 is 0. The van der Waals surface area contributed by atoms with Crippen LogP contribution in [0, 0.1) is 11.8 Å². The van der Waals surface area contributed by atoms with Crippen molar-refractivity contribution in [3.8, 4) is 0 Å². The van der Waals surface area contributed by atoms with Gasteiger partial charge in [-0.05, 0) is 43.2 Å². The summed E-state index contributed by atoms with van der Waals surface area (Å²) in [5.74, 6) is 1.93. The van der Waals surface area contributed by atoms with E-state index in [0.29, 0.717) is 11.8 Å². The molecule has 0 saturated heterocycles. The van der Waals surface area contributed by atoms with Crippen LogP contribution in [0.15, 0.2) is 12.1 Å². The highest BCUT2D eigenvalue weighted by molar-refractivity contribution is 7.14. The molecule has 1 heterocycles. The monoisotopic (exact) mass is 299 g/mol. The zero-order chi connectivity index (χ0) is 13.7. The number of alkyl halides is 1. The van der Waals surface area contributed by atoms with Crippen molar-refractivity contribution < 1.29 is 4.79 Å². The van der Waals surface area contributed by atoms with Gasteiger partial charge >= 0.3 is 0 Å². The minimum atomic E-state index is 0.0728. The van der Waals surface area contributed by atoms with E-state index in [1.165, 1.54) is 30.6 Å². The van der Waals surface area contributed by atoms with Gasteiger partial charge in [0.05, 0.1) is 4.88 Å². The fourth-order valence-electron chi connectivity index (χ4n) is 2.76. The Morgan fingerprint density at radius 3 is 2.74 bits per heavy atom. The number of halogens is 1. The maximum absolute atomic E-state index is 12.1. The third-order valence-corrected chi connectivity index (χ3v) is 5.65. The number of aryl methyl sites for hydroxylation is 1. The number of carbonyl (C=O) groups is 1. The second-order valence-electron chi connectivity index (χ2n) is 5.29. The van der Waals surface area contributed by atoms with Crippen molar-refractivity contribution in [2.75, 3.05) is 12.4 Å². The molecule has 2 nitrogen and oxygen atoms in total. The van der Waals surface area contributed by atoms with Crippen LogP contribution in [0.1, 0.15) is 47.2 Å². The van der Waals surface area contributed by atoms with Crippen molar-refractivity contribution in [1.29, 1.82) is 0 Å². The first-order valence-corrected chi connectivity index (χ1v) is 8.52. The Morgan fingerprint density at radius 1 is 1.37 bits per heavy atom. The Balaban J connectivity index is 1.85. The first kappa shape index (κ1) is 14.9. The molecule has 0 aliphatic heterocycles. The van der Waals surface area contributed by atoms with Gasteiger partial charge in [-0.2, -0.15) is 0 Å². The number of rotatable bonds is 5. The molecule has 2 unspecified atom stereocenters. The van der Waals surface area contributed by atoms with Crippen molar-refractivity contribution in [2.45, 2.75) is 39.0 Å². The SMILES string of the molecule is CCc1ccc(C(=O)NCC2CCCCC2CCl)s1. The Labute approximate surface area is 124 Å². The molecular weight excluding hydrogens is 278 g/mol. The van der Waals surface area contributed by atoms with Gasteiger partial charge < -0.3 is 5.32 Å². The number of nitrogens with one attached hydrogen (secondary N) is 1. The summed E-state index contributed by atoms with van der Waals surface area (Å²) in [6.45, 7) is 2.89. The van der Waals surface area contributed by atoms with E-state index in [9.17, 15) is 4.79 Å². The maximum atomic E-state index is 12.1. The summed E-state index contributed by atoms with van der Waals surface area (Å²) in [4.78, 5) is 14.2. The predicted octanol–water partition coefficient (Wildman–Crippen LogP) is 4.09. The van der Waals surface area contributed by atoms with Gasteiger partial charge in [0.25, 0.3) is 5.91 Å². The number of thiophene rings is 1. The summed E-state index contributed by atoms with van der Waals surface area (Å²) in [5, 5.41) is 3.08. The average Bonchev–Trinajstić information content (AvgIpc) is 2.94. The molecule has 1 fully saturated rings. The van der Waals surface area contributed by atoms with E-state index in [1.807, 2.05) is 12.1 Å². The van der Waals surface area contributed by atoms with E-state index >= 15 is 0 Å². The number of amides is 1. The van der Waals surface area contributed by atoms with E-state index in [2.05, 4.69) is 12.2 Å². The molecule has 0 radical (unpaired) electrons. The van der Waals surface area contributed by atoms with Crippen LogP contribution in [-0.2, 0) is 6.42 Å². The van der Waals surface area contributed by atoms with E-state index in [-0.39, 0.29) is 5.91 Å². The molecule has 0 bridgehead atoms. The van der Waals surface area contributed by atoms with Crippen molar-refractivity contribution in [2.24, 2.45) is 11.8 Å². The van der Waals surface area contributed by atoms with Crippen molar-refractivity contribution >= 4 is 28.8 Å². The van der Waals surface area contributed by atoms with Crippen LogP contribution >= 0.6 is 22.9 Å². The van der Waals surface area contributed by atoms with Crippen LogP contribution in [0.2, 0.25) is 0 Å². The molecule has 4 heteroatoms. The first-order valence-electron chi connectivity index (χ1n) is 7.17. The van der Waals surface area contributed by atoms with Gasteiger partial charge in [0.2, 0.25) is 0 Å². The zero-order valence-electron chi connectivity index (χ0n) is 11.5. The van der Waals surface area contributed by atoms with Gasteiger partial charge in [-0.15, -0.1) is 22.9 Å². The lowest BCUT2D eigenvalue weighted by molar-refractivity contribution is 0.0941. The van der Waals surface area contributed by atoms with Crippen molar-refractivity contribution in [3.63, 3.8) is 0 Å². The summed E-state index contributed by atoms with van der Waals surface area (Å²) in [5.41, 5.74) is 0. The number of carbonyl (C=O) groups excluding carboxylic acids is 1. The summed E-state index contributed by atoms with van der Waals surface area (Å²) in [7, 11) is 0. The highest BCUT2D eigenvalue weighted by Gasteiger charge is 2.24. The normalized spacial score (nSPS) is 23.3. The highest BCUT2D eigenvalue weighted by Crippen LogP contribution is 2.30. The zero-order valence-corrected chi connectivity index (χ0v) is 13.0. The molecule has 0 aromatic carbocycles. The van der Waals surface area contributed by atoms with Crippen LogP contribution in [0.4, 0.5) is 0 Å². The Hall–Kier alpha value is -0.540. The number of hydrogen-bond acceptors (Lipinski definition) is 2. The quantitative estimate of drug-likeness (QED) is 0.815. The summed E-state index contributed by atoms with van der Waals surface area (Å²) in [6.07, 6.45) is 5.96. The van der Waals surface area contributed by atoms with Crippen LogP contribution < -0.4 is 5.32 Å². The highest BCUT2D eigenvalue weighted by atomic mass is 35.5. The Bertz CT molecular complexity index is 418. The van der Waals surface area contributed by atoms with Crippen LogP contribution in [0.5, 0.6) is 0 Å². The molecule has 1 saturated carbocycles. The Morgan fingerprint density at radius 2 is 2.11 bits per heavy atom. The largest absolute Gasteiger partial charge is 0.351 e. The number of hydrogen-bond donors (Lipinski definition) is 1. The molecular formula is C15H22ClNOS. The molecule has 1 aliphatic carbocycles. The lowest BCUT2D eigenvalue weighted by atomic mass is 9.80. The van der Waals surface area contributed by atoms with E-state index < -0.39 is 0 Å². The van der Waals surface area contributed by atoms with E-state index in [4.69, 9.17) is 11.6 Å². The van der Waals surface area contributed by atoms with Crippen molar-refractivity contribution in [1.82, 2.24) is 5.32 Å². The van der Waals surface area contributed by atoms with Crippen LogP contribution in [0.25, 0.3) is 0 Å². The van der Waals surface area contributed by atoms with Crippen LogP contribution in [-0.4, -0.2) is 18.3 Å². The summed E-state index contributed by atoms with van der Waals surface area (Å²) >= 11 is 7.61. The van der Waals surface area contributed by atoms with Gasteiger partial charge in [0.15, 0.2) is 0 Å². The molecule has 2 rings (SSSR count). The van der Waals surface area contributed by atoms with Gasteiger partial charge in [-0.25, -0.2) is 0 Å². The smallest absolute Gasteiger partial charge is 0.261 e. The first-order chi connectivity index (χ1) is 9.24. The molecule has 106 valence electrons. The van der Waals surface area contributed by atoms with Gasteiger partial charge in [-0.3, -0.25) is 4.79 Å². The molecule has 19 heavy (non-hydrogen) atoms. The second kappa shape index (κ2) is 7.30. The lowest BCUT2D eigenvalue weighted by Crippen LogP contribution is -2.34. The average molecular weight is 300 g/mol.